The minimum absolute atomic E-state index is 0.0212. The van der Waals surface area contributed by atoms with Crippen molar-refractivity contribution in [3.05, 3.63) is 65.7 Å². The topological polar surface area (TPSA) is 62.1 Å². The van der Waals surface area contributed by atoms with Crippen LogP contribution in [0.4, 0.5) is 5.88 Å². The van der Waals surface area contributed by atoms with Gasteiger partial charge in [-0.05, 0) is 51.2 Å². The van der Waals surface area contributed by atoms with Gasteiger partial charge in [0.2, 0.25) is 5.88 Å². The molecular weight excluding hydrogens is 416 g/mol. The van der Waals surface area contributed by atoms with Crippen molar-refractivity contribution < 1.29 is 14.1 Å². The molecule has 0 spiro atoms. The maximum Gasteiger partial charge on any atom is 0.254 e. The molecule has 1 amide bonds. The quantitative estimate of drug-likeness (QED) is 0.490. The molecule has 1 aliphatic rings. The van der Waals surface area contributed by atoms with Crippen LogP contribution in [0, 0.1) is 0 Å². The highest BCUT2D eigenvalue weighted by Gasteiger charge is 2.28. The van der Waals surface area contributed by atoms with Gasteiger partial charge in [0.1, 0.15) is 11.4 Å². The van der Waals surface area contributed by atoms with Crippen LogP contribution in [0.2, 0.25) is 0 Å². The third-order valence-corrected chi connectivity index (χ3v) is 6.00. The molecule has 0 bridgehead atoms. The molecule has 0 saturated carbocycles. The van der Waals surface area contributed by atoms with E-state index in [2.05, 4.69) is 15.0 Å². The second-order valence-corrected chi connectivity index (χ2v) is 8.63. The number of amides is 1. The normalized spacial score (nSPS) is 13.5. The summed E-state index contributed by atoms with van der Waals surface area (Å²) in [6.45, 7) is 3.67. The highest BCUT2D eigenvalue weighted by atomic mass is 16.5. The van der Waals surface area contributed by atoms with Gasteiger partial charge in [0.15, 0.2) is 0 Å². The summed E-state index contributed by atoms with van der Waals surface area (Å²) in [5.41, 5.74) is 3.39. The van der Waals surface area contributed by atoms with Crippen LogP contribution in [0.25, 0.3) is 11.3 Å². The zero-order chi connectivity index (χ0) is 23.2. The molecule has 7 heteroatoms. The molecule has 174 valence electrons. The monoisotopic (exact) mass is 448 g/mol. The number of nitrogens with zero attached hydrogens (tertiary/aromatic N) is 4. The van der Waals surface area contributed by atoms with Crippen LogP contribution >= 0.6 is 0 Å². The number of hydrogen-bond acceptors (Lipinski definition) is 6. The predicted octanol–water partition coefficient (Wildman–Crippen LogP) is 4.15. The lowest BCUT2D eigenvalue weighted by atomic mass is 10.1. The fourth-order valence-electron chi connectivity index (χ4n) is 4.11. The van der Waals surface area contributed by atoms with Crippen LogP contribution in [0.3, 0.4) is 0 Å². The number of likely N-dealkylation sites (N-methyl/N-ethyl adjacent to an activating group) is 1. The van der Waals surface area contributed by atoms with Crippen LogP contribution in [-0.2, 0) is 6.54 Å². The average Bonchev–Trinajstić information content (AvgIpc) is 3.51. The van der Waals surface area contributed by atoms with E-state index in [4.69, 9.17) is 9.26 Å². The highest BCUT2D eigenvalue weighted by molar-refractivity contribution is 5.94. The smallest absolute Gasteiger partial charge is 0.254 e. The van der Waals surface area contributed by atoms with E-state index in [0.717, 1.165) is 60.9 Å². The summed E-state index contributed by atoms with van der Waals surface area (Å²) in [6, 6.07) is 17.3. The third kappa shape index (κ3) is 5.37. The van der Waals surface area contributed by atoms with E-state index in [0.29, 0.717) is 18.7 Å². The minimum atomic E-state index is -0.0212. The molecule has 2 aromatic carbocycles. The van der Waals surface area contributed by atoms with Gasteiger partial charge in [-0.2, -0.15) is 0 Å². The van der Waals surface area contributed by atoms with E-state index >= 15 is 0 Å². The predicted molar refractivity (Wildman–Crippen MR) is 130 cm³/mol. The number of methoxy groups -OCH3 is 1. The zero-order valence-electron chi connectivity index (χ0n) is 19.7. The standard InChI is InChI=1S/C26H32N4O3/c1-28(2)17-18-30(25(31)21-11-13-22(32-3)14-12-21)19-23-24(20-9-5-4-6-10-20)27-33-26(23)29-15-7-8-16-29/h4-6,9-14H,7-8,15-19H2,1-3H3. The van der Waals surface area contributed by atoms with Crippen molar-refractivity contribution in [3.63, 3.8) is 0 Å². The fraction of sp³-hybridized carbons (Fsp3) is 0.385. The summed E-state index contributed by atoms with van der Waals surface area (Å²) in [6.07, 6.45) is 2.27. The number of rotatable bonds is 9. The van der Waals surface area contributed by atoms with Gasteiger partial charge in [0.05, 0.1) is 19.2 Å². The molecule has 1 saturated heterocycles. The van der Waals surface area contributed by atoms with Gasteiger partial charge in [-0.25, -0.2) is 0 Å². The molecule has 0 unspecified atom stereocenters. The zero-order valence-corrected chi connectivity index (χ0v) is 19.7. The van der Waals surface area contributed by atoms with Gasteiger partial charge >= 0.3 is 0 Å². The van der Waals surface area contributed by atoms with Crippen molar-refractivity contribution in [1.82, 2.24) is 15.0 Å². The highest BCUT2D eigenvalue weighted by Crippen LogP contribution is 2.34. The van der Waals surface area contributed by atoms with Crippen molar-refractivity contribution in [3.8, 4) is 17.0 Å². The number of hydrogen-bond donors (Lipinski definition) is 0. The minimum Gasteiger partial charge on any atom is -0.497 e. The van der Waals surface area contributed by atoms with Gasteiger partial charge in [-0.15, -0.1) is 0 Å². The molecule has 0 N–H and O–H groups in total. The Labute approximate surface area is 195 Å². The van der Waals surface area contributed by atoms with Crippen LogP contribution in [0.15, 0.2) is 59.1 Å². The van der Waals surface area contributed by atoms with Crippen molar-refractivity contribution in [2.75, 3.05) is 52.3 Å². The van der Waals surface area contributed by atoms with E-state index < -0.39 is 0 Å². The van der Waals surface area contributed by atoms with E-state index in [1.165, 1.54) is 0 Å². The lowest BCUT2D eigenvalue weighted by molar-refractivity contribution is 0.0732. The lowest BCUT2D eigenvalue weighted by Crippen LogP contribution is -2.36. The number of benzene rings is 2. The first-order valence-corrected chi connectivity index (χ1v) is 11.4. The summed E-state index contributed by atoms with van der Waals surface area (Å²) in [4.78, 5) is 19.8. The van der Waals surface area contributed by atoms with Crippen LogP contribution < -0.4 is 9.64 Å². The molecule has 4 rings (SSSR count). The Balaban J connectivity index is 1.69. The SMILES string of the molecule is COc1ccc(C(=O)N(CCN(C)C)Cc2c(-c3ccccc3)noc2N2CCCC2)cc1. The van der Waals surface area contributed by atoms with Gasteiger partial charge in [-0.3, -0.25) is 4.79 Å². The Morgan fingerprint density at radius 3 is 2.36 bits per heavy atom. The third-order valence-electron chi connectivity index (χ3n) is 6.00. The first-order chi connectivity index (χ1) is 16.1. The molecule has 0 aliphatic carbocycles. The van der Waals surface area contributed by atoms with E-state index in [-0.39, 0.29) is 5.91 Å². The van der Waals surface area contributed by atoms with Gasteiger partial charge < -0.3 is 24.0 Å². The number of aromatic nitrogens is 1. The Hall–Kier alpha value is -3.32. The van der Waals surface area contributed by atoms with Gasteiger partial charge in [-0.1, -0.05) is 35.5 Å². The summed E-state index contributed by atoms with van der Waals surface area (Å²) in [5, 5.41) is 4.45. The van der Waals surface area contributed by atoms with Crippen molar-refractivity contribution in [1.29, 1.82) is 0 Å². The van der Waals surface area contributed by atoms with Crippen molar-refractivity contribution >= 4 is 11.8 Å². The average molecular weight is 449 g/mol. The Morgan fingerprint density at radius 1 is 1.03 bits per heavy atom. The van der Waals surface area contributed by atoms with E-state index in [1.807, 2.05) is 73.6 Å². The second kappa shape index (κ2) is 10.5. The molecule has 1 fully saturated rings. The molecule has 33 heavy (non-hydrogen) atoms. The molecular formula is C26H32N4O3. The molecule has 3 aromatic rings. The molecule has 7 nitrogen and oxygen atoms in total. The van der Waals surface area contributed by atoms with Crippen LogP contribution in [0.5, 0.6) is 5.75 Å². The summed E-state index contributed by atoms with van der Waals surface area (Å²) in [5.74, 6) is 1.49. The maximum atomic E-state index is 13.6. The largest absolute Gasteiger partial charge is 0.497 e. The van der Waals surface area contributed by atoms with Crippen molar-refractivity contribution in [2.45, 2.75) is 19.4 Å². The number of anilines is 1. The first kappa shape index (κ1) is 22.9. The lowest BCUT2D eigenvalue weighted by Gasteiger charge is -2.26. The van der Waals surface area contributed by atoms with Crippen LogP contribution in [-0.4, -0.2) is 68.2 Å². The summed E-state index contributed by atoms with van der Waals surface area (Å²) >= 11 is 0. The molecule has 0 radical (unpaired) electrons. The van der Waals surface area contributed by atoms with Crippen LogP contribution in [0.1, 0.15) is 28.8 Å². The number of carbonyl (C=O) groups excluding carboxylic acids is 1. The Morgan fingerprint density at radius 2 is 1.73 bits per heavy atom. The molecule has 2 heterocycles. The Kier molecular flexibility index (Phi) is 7.29. The molecule has 1 aliphatic heterocycles. The van der Waals surface area contributed by atoms with Gasteiger partial charge in [0, 0.05) is 37.3 Å². The second-order valence-electron chi connectivity index (χ2n) is 8.63. The molecule has 1 aromatic heterocycles. The van der Waals surface area contributed by atoms with E-state index in [1.54, 1.807) is 7.11 Å². The first-order valence-electron chi connectivity index (χ1n) is 11.4. The maximum absolute atomic E-state index is 13.6. The summed E-state index contributed by atoms with van der Waals surface area (Å²) in [7, 11) is 5.65. The summed E-state index contributed by atoms with van der Waals surface area (Å²) < 4.78 is 11.1. The number of ether oxygens (including phenoxy) is 1. The molecule has 0 atom stereocenters. The Bertz CT molecular complexity index is 1040. The number of carbonyl (C=O) groups is 1. The fourth-order valence-corrected chi connectivity index (χ4v) is 4.11. The van der Waals surface area contributed by atoms with Crippen molar-refractivity contribution in [2.24, 2.45) is 0 Å². The van der Waals surface area contributed by atoms with E-state index in [9.17, 15) is 4.79 Å². The van der Waals surface area contributed by atoms with Gasteiger partial charge in [0.25, 0.3) is 5.91 Å².